The van der Waals surface area contributed by atoms with Crippen LogP contribution in [0.3, 0.4) is 0 Å². The summed E-state index contributed by atoms with van der Waals surface area (Å²) in [5.74, 6) is -1.000. The van der Waals surface area contributed by atoms with Crippen LogP contribution in [0.2, 0.25) is 0 Å². The van der Waals surface area contributed by atoms with Gasteiger partial charge in [0.2, 0.25) is 0 Å². The molecule has 0 amide bonds. The second-order valence-electron chi connectivity index (χ2n) is 17.4. The molecule has 0 unspecified atom stereocenters. The van der Waals surface area contributed by atoms with Crippen LogP contribution in [0.25, 0.3) is 0 Å². The number of allylic oxidation sites excluding steroid dienone is 20. The molecule has 0 fully saturated rings. The number of hydrogen-bond acceptors (Lipinski definition) is 6. The van der Waals surface area contributed by atoms with Crippen LogP contribution in [0.15, 0.2) is 122 Å². The van der Waals surface area contributed by atoms with Gasteiger partial charge in [-0.1, -0.05) is 200 Å². The maximum absolute atomic E-state index is 12.8. The van der Waals surface area contributed by atoms with Crippen molar-refractivity contribution in [2.75, 3.05) is 13.2 Å². The van der Waals surface area contributed by atoms with Crippen molar-refractivity contribution in [3.05, 3.63) is 122 Å². The number of ether oxygens (including phenoxy) is 3. The smallest absolute Gasteiger partial charge is 0.306 e. The Morgan fingerprint density at radius 1 is 0.313 bits per heavy atom. The summed E-state index contributed by atoms with van der Waals surface area (Å²) in [5, 5.41) is 0. The highest BCUT2D eigenvalue weighted by molar-refractivity contribution is 5.71. The monoisotopic (exact) mass is 927 g/mol. The third-order valence-electron chi connectivity index (χ3n) is 10.9. The van der Waals surface area contributed by atoms with E-state index >= 15 is 0 Å². The fraction of sp³-hybridized carbons (Fsp3) is 0.623. The van der Waals surface area contributed by atoms with Gasteiger partial charge in [0.15, 0.2) is 6.10 Å². The summed E-state index contributed by atoms with van der Waals surface area (Å²) in [6.07, 6.45) is 74.7. The lowest BCUT2D eigenvalue weighted by molar-refractivity contribution is -0.167. The zero-order valence-electron chi connectivity index (χ0n) is 43.1. The lowest BCUT2D eigenvalue weighted by Crippen LogP contribution is -2.30. The molecule has 1 atom stereocenters. The fourth-order valence-corrected chi connectivity index (χ4v) is 6.92. The summed E-state index contributed by atoms with van der Waals surface area (Å²) in [4.78, 5) is 38.1. The van der Waals surface area contributed by atoms with Gasteiger partial charge in [0.25, 0.3) is 0 Å². The highest BCUT2D eigenvalue weighted by Crippen LogP contribution is 2.13. The molecule has 6 nitrogen and oxygen atoms in total. The first-order valence-corrected chi connectivity index (χ1v) is 27.0. The molecule has 378 valence electrons. The summed E-state index contributed by atoms with van der Waals surface area (Å²) in [6.45, 7) is 6.32. The van der Waals surface area contributed by atoms with Crippen LogP contribution in [0.4, 0.5) is 0 Å². The van der Waals surface area contributed by atoms with Crippen LogP contribution in [0.5, 0.6) is 0 Å². The van der Waals surface area contributed by atoms with Crippen molar-refractivity contribution >= 4 is 17.9 Å². The Morgan fingerprint density at radius 3 is 0.970 bits per heavy atom. The lowest BCUT2D eigenvalue weighted by Gasteiger charge is -2.18. The number of carbonyl (C=O) groups is 3. The molecule has 0 aliphatic rings. The second kappa shape index (κ2) is 54.4. The van der Waals surface area contributed by atoms with Crippen molar-refractivity contribution in [2.24, 2.45) is 0 Å². The van der Waals surface area contributed by atoms with Gasteiger partial charge >= 0.3 is 17.9 Å². The second-order valence-corrected chi connectivity index (χ2v) is 17.4. The standard InChI is InChI=1S/C61H98O6/c1-4-7-10-13-16-19-22-25-28-29-30-31-34-36-39-42-45-48-51-54-60(63)66-57-58(67-61(64)55-52-49-46-43-40-37-33-27-24-21-18-15-12-9-6-3)56-65-59(62)53-50-47-44-41-38-35-32-26-23-20-17-14-11-8-5-2/h7-8,10-11,16-17,19-20,25-28,30-33,36,38-39,41,58H,4-6,9,12-15,18,21-24,29,34-35,37,40,42-57H2,1-3H3/b10-7-,11-8-,19-16-,20-17-,28-25-,31-30-,32-26-,33-27-,39-36-,41-38-/t58-/m0/s1. The van der Waals surface area contributed by atoms with Crippen LogP contribution >= 0.6 is 0 Å². The molecule has 0 aromatic carbocycles. The van der Waals surface area contributed by atoms with Gasteiger partial charge in [-0.05, 0) is 128 Å². The van der Waals surface area contributed by atoms with Crippen molar-refractivity contribution in [1.82, 2.24) is 0 Å². The summed E-state index contributed by atoms with van der Waals surface area (Å²) < 4.78 is 16.8. The Labute approximate surface area is 412 Å². The van der Waals surface area contributed by atoms with E-state index < -0.39 is 6.10 Å². The van der Waals surface area contributed by atoms with Crippen molar-refractivity contribution in [1.29, 1.82) is 0 Å². The van der Waals surface area contributed by atoms with E-state index in [2.05, 4.69) is 142 Å². The number of esters is 3. The summed E-state index contributed by atoms with van der Waals surface area (Å²) in [5.41, 5.74) is 0. The molecule has 0 bridgehead atoms. The third-order valence-corrected chi connectivity index (χ3v) is 10.9. The highest BCUT2D eigenvalue weighted by Gasteiger charge is 2.19. The minimum Gasteiger partial charge on any atom is -0.462 e. The molecular formula is C61H98O6. The van der Waals surface area contributed by atoms with E-state index in [1.165, 1.54) is 51.4 Å². The first-order chi connectivity index (χ1) is 33.0. The van der Waals surface area contributed by atoms with E-state index in [0.717, 1.165) is 128 Å². The topological polar surface area (TPSA) is 78.9 Å². The molecule has 67 heavy (non-hydrogen) atoms. The quantitative estimate of drug-likeness (QED) is 0.0262. The Balaban J connectivity index is 4.54. The molecule has 0 aliphatic carbocycles. The predicted molar refractivity (Wildman–Crippen MR) is 288 cm³/mol. The molecule has 0 spiro atoms. The molecule has 0 rings (SSSR count). The van der Waals surface area contributed by atoms with Crippen LogP contribution in [-0.4, -0.2) is 37.2 Å². The summed E-state index contributed by atoms with van der Waals surface area (Å²) in [6, 6.07) is 0. The third kappa shape index (κ3) is 52.6. The number of rotatable bonds is 47. The normalized spacial score (nSPS) is 13.1. The molecule has 0 saturated heterocycles. The van der Waals surface area contributed by atoms with Gasteiger partial charge < -0.3 is 14.2 Å². The van der Waals surface area contributed by atoms with Gasteiger partial charge in [-0.2, -0.15) is 0 Å². The Bertz CT molecular complexity index is 1440. The van der Waals surface area contributed by atoms with Crippen molar-refractivity contribution in [3.63, 3.8) is 0 Å². The van der Waals surface area contributed by atoms with Crippen LogP contribution in [0, 0.1) is 0 Å². The van der Waals surface area contributed by atoms with E-state index in [1.54, 1.807) is 0 Å². The molecule has 6 heteroatoms. The molecule has 0 saturated carbocycles. The predicted octanol–water partition coefficient (Wildman–Crippen LogP) is 18.1. The average molecular weight is 927 g/mol. The van der Waals surface area contributed by atoms with Crippen LogP contribution in [0.1, 0.15) is 226 Å². The van der Waals surface area contributed by atoms with Crippen molar-refractivity contribution in [3.8, 4) is 0 Å². The Hall–Kier alpha value is -4.19. The minimum atomic E-state index is -0.816. The van der Waals surface area contributed by atoms with Gasteiger partial charge in [0, 0.05) is 19.3 Å². The lowest BCUT2D eigenvalue weighted by atomic mass is 10.1. The SMILES string of the molecule is CC/C=C\C/C=C\C/C=C\C/C=C\C/C=C\CCCCCC(=O)OC[C@H](COC(=O)CCCC/C=C\C/C=C\C/C=C\C/C=C\CC)OC(=O)CCCCCCC/C=C\CCCCCCCC. The van der Waals surface area contributed by atoms with Gasteiger partial charge in [0.1, 0.15) is 13.2 Å². The van der Waals surface area contributed by atoms with E-state index in [4.69, 9.17) is 14.2 Å². The fourth-order valence-electron chi connectivity index (χ4n) is 6.92. The molecule has 0 aromatic rings. The molecule has 0 aromatic heterocycles. The van der Waals surface area contributed by atoms with Gasteiger partial charge in [-0.15, -0.1) is 0 Å². The van der Waals surface area contributed by atoms with E-state index in [-0.39, 0.29) is 31.1 Å². The maximum atomic E-state index is 12.8. The van der Waals surface area contributed by atoms with Crippen LogP contribution < -0.4 is 0 Å². The maximum Gasteiger partial charge on any atom is 0.306 e. The molecule has 0 radical (unpaired) electrons. The summed E-state index contributed by atoms with van der Waals surface area (Å²) >= 11 is 0. The first-order valence-electron chi connectivity index (χ1n) is 27.0. The number of hydrogen-bond donors (Lipinski definition) is 0. The average Bonchev–Trinajstić information content (AvgIpc) is 3.33. The molecule has 0 aliphatic heterocycles. The van der Waals surface area contributed by atoms with Gasteiger partial charge in [-0.25, -0.2) is 0 Å². The first kappa shape index (κ1) is 62.8. The Morgan fingerprint density at radius 2 is 0.582 bits per heavy atom. The van der Waals surface area contributed by atoms with Gasteiger partial charge in [-0.3, -0.25) is 14.4 Å². The molecule has 0 heterocycles. The highest BCUT2D eigenvalue weighted by atomic mass is 16.6. The molecular weight excluding hydrogens is 829 g/mol. The van der Waals surface area contributed by atoms with Gasteiger partial charge in [0.05, 0.1) is 0 Å². The van der Waals surface area contributed by atoms with Crippen molar-refractivity contribution < 1.29 is 28.6 Å². The molecule has 0 N–H and O–H groups in total. The Kier molecular flexibility index (Phi) is 51.0. The number of carbonyl (C=O) groups excluding carboxylic acids is 3. The van der Waals surface area contributed by atoms with Crippen LogP contribution in [-0.2, 0) is 28.6 Å². The van der Waals surface area contributed by atoms with E-state index in [1.807, 2.05) is 0 Å². The zero-order chi connectivity index (χ0) is 48.6. The minimum absolute atomic E-state index is 0.115. The largest absolute Gasteiger partial charge is 0.462 e. The zero-order valence-corrected chi connectivity index (χ0v) is 43.1. The van der Waals surface area contributed by atoms with E-state index in [0.29, 0.717) is 25.7 Å². The number of unbranched alkanes of at least 4 members (excludes halogenated alkanes) is 16. The summed E-state index contributed by atoms with van der Waals surface area (Å²) in [7, 11) is 0. The van der Waals surface area contributed by atoms with Crippen molar-refractivity contribution in [2.45, 2.75) is 232 Å². The van der Waals surface area contributed by atoms with E-state index in [9.17, 15) is 14.4 Å².